The van der Waals surface area contributed by atoms with E-state index >= 15 is 0 Å². The van der Waals surface area contributed by atoms with E-state index in [1.807, 2.05) is 18.2 Å². The highest BCUT2D eigenvalue weighted by Crippen LogP contribution is 2.26. The molecule has 28 heavy (non-hydrogen) atoms. The maximum absolute atomic E-state index is 6.18. The normalized spacial score (nSPS) is 20.8. The van der Waals surface area contributed by atoms with Crippen molar-refractivity contribution in [2.24, 2.45) is 0 Å². The highest BCUT2D eigenvalue weighted by Gasteiger charge is 2.23. The maximum atomic E-state index is 6.18. The second-order valence-electron chi connectivity index (χ2n) is 7.72. The molecule has 0 amide bonds. The molecule has 1 unspecified atom stereocenters. The van der Waals surface area contributed by atoms with Crippen LogP contribution in [0.3, 0.4) is 0 Å². The highest BCUT2D eigenvalue weighted by atomic mass is 35.5. The molecule has 6 heteroatoms. The summed E-state index contributed by atoms with van der Waals surface area (Å²) in [6, 6.07) is 0.720. The number of hydrogen-bond acceptors (Lipinski definition) is 5. The summed E-state index contributed by atoms with van der Waals surface area (Å²) in [6.07, 6.45) is 10.4. The molecule has 3 heterocycles. The fourth-order valence-electron chi connectivity index (χ4n) is 4.13. The lowest BCUT2D eigenvalue weighted by Gasteiger charge is -2.29. The van der Waals surface area contributed by atoms with Crippen LogP contribution in [0.15, 0.2) is 37.0 Å². The van der Waals surface area contributed by atoms with Gasteiger partial charge in [0.1, 0.15) is 5.82 Å². The molecule has 0 saturated carbocycles. The van der Waals surface area contributed by atoms with E-state index in [0.717, 1.165) is 63.1 Å². The lowest BCUT2D eigenvalue weighted by Crippen LogP contribution is -2.33. The Hall–Kier alpha value is -1.69. The van der Waals surface area contributed by atoms with E-state index in [9.17, 15) is 0 Å². The predicted molar refractivity (Wildman–Crippen MR) is 118 cm³/mol. The van der Waals surface area contributed by atoms with E-state index in [2.05, 4.69) is 45.2 Å². The van der Waals surface area contributed by atoms with Crippen molar-refractivity contribution < 1.29 is 0 Å². The van der Waals surface area contributed by atoms with Crippen molar-refractivity contribution >= 4 is 17.4 Å². The van der Waals surface area contributed by atoms with Crippen LogP contribution in [-0.4, -0.2) is 58.5 Å². The largest absolute Gasteiger partial charge is 0.370 e. The first kappa shape index (κ1) is 21.0. The average molecular weight is 402 g/mol. The van der Waals surface area contributed by atoms with Gasteiger partial charge in [0.2, 0.25) is 5.28 Å². The van der Waals surface area contributed by atoms with E-state index < -0.39 is 0 Å². The van der Waals surface area contributed by atoms with E-state index in [1.165, 1.54) is 30.5 Å². The molecule has 1 saturated heterocycles. The molecule has 1 atom stereocenters. The minimum Gasteiger partial charge on any atom is -0.370 e. The van der Waals surface area contributed by atoms with E-state index in [-0.39, 0.29) is 0 Å². The molecule has 1 fully saturated rings. The lowest BCUT2D eigenvalue weighted by atomic mass is 10.0. The number of fused-ring (bicyclic) bond motifs is 1. The van der Waals surface area contributed by atoms with Crippen LogP contribution in [0.1, 0.15) is 37.4 Å². The lowest BCUT2D eigenvalue weighted by molar-refractivity contribution is 0.268. The second kappa shape index (κ2) is 10.2. The number of aromatic nitrogens is 2. The third-order valence-electron chi connectivity index (χ3n) is 5.72. The number of likely N-dealkylation sites (tertiary alicyclic amines) is 1. The molecule has 0 spiro atoms. The molecule has 5 nitrogen and oxygen atoms in total. The molecular weight excluding hydrogens is 370 g/mol. The molecule has 0 aromatic carbocycles. The molecule has 2 aliphatic rings. The van der Waals surface area contributed by atoms with Gasteiger partial charge < -0.3 is 10.2 Å². The van der Waals surface area contributed by atoms with E-state index in [1.54, 1.807) is 0 Å². The number of hydrogen-bond donors (Lipinski definition) is 1. The molecule has 2 aliphatic heterocycles. The number of anilines is 1. The van der Waals surface area contributed by atoms with Crippen LogP contribution < -0.4 is 5.32 Å². The van der Waals surface area contributed by atoms with Crippen molar-refractivity contribution in [2.75, 3.05) is 38.0 Å². The molecule has 0 bridgehead atoms. The summed E-state index contributed by atoms with van der Waals surface area (Å²) in [5, 5.41) is 3.86. The molecule has 1 N–H and O–H groups in total. The summed E-state index contributed by atoms with van der Waals surface area (Å²) in [4.78, 5) is 13.9. The Morgan fingerprint density at radius 2 is 2.18 bits per heavy atom. The van der Waals surface area contributed by atoms with Crippen molar-refractivity contribution in [3.05, 3.63) is 53.5 Å². The van der Waals surface area contributed by atoms with Gasteiger partial charge in [-0.1, -0.05) is 31.4 Å². The third-order valence-corrected chi connectivity index (χ3v) is 5.89. The van der Waals surface area contributed by atoms with Crippen LogP contribution in [0.2, 0.25) is 5.28 Å². The summed E-state index contributed by atoms with van der Waals surface area (Å²) in [5.41, 5.74) is 3.41. The Labute approximate surface area is 174 Å². The molecule has 1 aromatic rings. The van der Waals surface area contributed by atoms with Gasteiger partial charge in [-0.3, -0.25) is 4.90 Å². The third kappa shape index (κ3) is 5.43. The Morgan fingerprint density at radius 3 is 2.89 bits per heavy atom. The van der Waals surface area contributed by atoms with Gasteiger partial charge in [-0.05, 0) is 49.9 Å². The topological polar surface area (TPSA) is 44.3 Å². The average Bonchev–Trinajstić information content (AvgIpc) is 3.09. The van der Waals surface area contributed by atoms with Crippen molar-refractivity contribution in [1.82, 2.24) is 19.8 Å². The zero-order valence-electron chi connectivity index (χ0n) is 17.0. The Bertz CT molecular complexity index is 730. The smallest absolute Gasteiger partial charge is 0.224 e. The first-order valence-electron chi connectivity index (χ1n) is 10.3. The Balaban J connectivity index is 1.61. The number of halogens is 1. The Morgan fingerprint density at radius 1 is 1.32 bits per heavy atom. The number of rotatable bonds is 9. The zero-order valence-corrected chi connectivity index (χ0v) is 17.7. The van der Waals surface area contributed by atoms with Crippen LogP contribution in [0, 0.1) is 0 Å². The van der Waals surface area contributed by atoms with Gasteiger partial charge >= 0.3 is 0 Å². The first-order chi connectivity index (χ1) is 13.6. The van der Waals surface area contributed by atoms with Gasteiger partial charge in [0.25, 0.3) is 0 Å². The fraction of sp³-hybridized carbons (Fsp3) is 0.545. The minimum atomic E-state index is 0.334. The van der Waals surface area contributed by atoms with Crippen LogP contribution in [0.4, 0.5) is 5.82 Å². The van der Waals surface area contributed by atoms with Gasteiger partial charge in [-0.2, -0.15) is 0 Å². The summed E-state index contributed by atoms with van der Waals surface area (Å²) < 4.78 is 0. The standard InChI is InChI=1S/C22H32ClN5/c1-4-8-18(5-2)15-27-14-10-20-19(16-27)21(26-22(23)25-20)24-11-7-13-28-12-6-9-17(28)3/h4-5,8,17H,1-2,6-7,9-16H2,3H3,(H,24,25,26)/b18-8+. The van der Waals surface area contributed by atoms with Crippen molar-refractivity contribution in [3.63, 3.8) is 0 Å². The molecule has 0 radical (unpaired) electrons. The van der Waals surface area contributed by atoms with Gasteiger partial charge in [0.15, 0.2) is 0 Å². The summed E-state index contributed by atoms with van der Waals surface area (Å²) in [5.74, 6) is 0.891. The van der Waals surface area contributed by atoms with Gasteiger partial charge in [-0.25, -0.2) is 9.97 Å². The molecule has 3 rings (SSSR count). The molecule has 152 valence electrons. The summed E-state index contributed by atoms with van der Waals surface area (Å²) in [6.45, 7) is 15.9. The molecule has 1 aromatic heterocycles. The van der Waals surface area contributed by atoms with Gasteiger partial charge in [0.05, 0.1) is 5.69 Å². The monoisotopic (exact) mass is 401 g/mol. The maximum Gasteiger partial charge on any atom is 0.224 e. The van der Waals surface area contributed by atoms with Crippen molar-refractivity contribution in [1.29, 1.82) is 0 Å². The number of nitrogens with one attached hydrogen (secondary N) is 1. The van der Waals surface area contributed by atoms with Crippen molar-refractivity contribution in [3.8, 4) is 0 Å². The van der Waals surface area contributed by atoms with Crippen LogP contribution >= 0.6 is 11.6 Å². The first-order valence-corrected chi connectivity index (χ1v) is 10.7. The van der Waals surface area contributed by atoms with Crippen molar-refractivity contribution in [2.45, 2.75) is 45.2 Å². The summed E-state index contributed by atoms with van der Waals surface area (Å²) >= 11 is 6.18. The van der Waals surface area contributed by atoms with Crippen LogP contribution in [0.25, 0.3) is 0 Å². The highest BCUT2D eigenvalue weighted by molar-refractivity contribution is 6.28. The number of allylic oxidation sites excluding steroid dienone is 2. The van der Waals surface area contributed by atoms with Crippen LogP contribution in [0.5, 0.6) is 0 Å². The van der Waals surface area contributed by atoms with Gasteiger partial charge in [-0.15, -0.1) is 0 Å². The SMILES string of the molecule is C=C/C=C(\C=C)CN1CCc2nc(Cl)nc(NCCCN3CCCC3C)c2C1. The fourth-order valence-corrected chi connectivity index (χ4v) is 4.32. The molecule has 0 aliphatic carbocycles. The molecular formula is C22H32ClN5. The zero-order chi connectivity index (χ0) is 19.9. The second-order valence-corrected chi connectivity index (χ2v) is 8.05. The quantitative estimate of drug-likeness (QED) is 0.384. The van der Waals surface area contributed by atoms with E-state index in [0.29, 0.717) is 5.28 Å². The van der Waals surface area contributed by atoms with E-state index in [4.69, 9.17) is 11.6 Å². The van der Waals surface area contributed by atoms with Gasteiger partial charge in [0, 0.05) is 50.7 Å². The minimum absolute atomic E-state index is 0.334. The van der Waals surface area contributed by atoms with Crippen LogP contribution in [-0.2, 0) is 13.0 Å². The Kier molecular flexibility index (Phi) is 7.65. The number of nitrogens with zero attached hydrogens (tertiary/aromatic N) is 4. The summed E-state index contributed by atoms with van der Waals surface area (Å²) in [7, 11) is 0. The predicted octanol–water partition coefficient (Wildman–Crippen LogP) is 4.07.